The molecule has 0 amide bonds. The normalized spacial score (nSPS) is 18.7. The standard InChI is InChI=1S/C17H17F2NO3S/c1-23-15-5-2-12(3-6-15)13-8-9-20(11-13)24(21,22)17-10-14(18)4-7-16(17)19/h2-7,10,13H,8-9,11H2,1H3. The monoisotopic (exact) mass is 353 g/mol. The second kappa shape index (κ2) is 6.49. The Kier molecular flexibility index (Phi) is 4.56. The molecule has 0 saturated carbocycles. The Labute approximate surface area is 139 Å². The lowest BCUT2D eigenvalue weighted by molar-refractivity contribution is 0.414. The predicted molar refractivity (Wildman–Crippen MR) is 85.5 cm³/mol. The van der Waals surface area contributed by atoms with Crippen LogP contribution < -0.4 is 4.74 Å². The van der Waals surface area contributed by atoms with Crippen LogP contribution in [0.1, 0.15) is 17.9 Å². The van der Waals surface area contributed by atoms with E-state index in [1.54, 1.807) is 7.11 Å². The van der Waals surface area contributed by atoms with E-state index in [1.165, 1.54) is 4.31 Å². The van der Waals surface area contributed by atoms with Gasteiger partial charge in [-0.05, 0) is 48.2 Å². The maximum atomic E-state index is 13.8. The molecular formula is C17H17F2NO3S. The lowest BCUT2D eigenvalue weighted by Crippen LogP contribution is -2.29. The van der Waals surface area contributed by atoms with Crippen molar-refractivity contribution in [1.82, 2.24) is 4.31 Å². The molecule has 1 aliphatic heterocycles. The molecule has 0 aliphatic carbocycles. The Morgan fingerprint density at radius 3 is 2.50 bits per heavy atom. The number of ether oxygens (including phenoxy) is 1. The molecule has 0 bridgehead atoms. The highest BCUT2D eigenvalue weighted by Gasteiger charge is 2.35. The minimum Gasteiger partial charge on any atom is -0.497 e. The van der Waals surface area contributed by atoms with Gasteiger partial charge in [0.25, 0.3) is 0 Å². The molecule has 24 heavy (non-hydrogen) atoms. The van der Waals surface area contributed by atoms with Crippen molar-refractivity contribution in [2.45, 2.75) is 17.2 Å². The highest BCUT2D eigenvalue weighted by atomic mass is 32.2. The SMILES string of the molecule is COc1ccc(C2CCN(S(=O)(=O)c3cc(F)ccc3F)C2)cc1. The van der Waals surface area contributed by atoms with Gasteiger partial charge in [0.1, 0.15) is 22.3 Å². The highest BCUT2D eigenvalue weighted by Crippen LogP contribution is 2.32. The van der Waals surface area contributed by atoms with Crippen molar-refractivity contribution < 1.29 is 21.9 Å². The molecule has 0 spiro atoms. The van der Waals surface area contributed by atoms with E-state index >= 15 is 0 Å². The first-order valence-corrected chi connectivity index (χ1v) is 8.95. The molecule has 1 aliphatic rings. The summed E-state index contributed by atoms with van der Waals surface area (Å²) in [6.07, 6.45) is 0.627. The van der Waals surface area contributed by atoms with Crippen LogP contribution in [0.15, 0.2) is 47.4 Å². The molecule has 7 heteroatoms. The number of nitrogens with zero attached hydrogens (tertiary/aromatic N) is 1. The van der Waals surface area contributed by atoms with Gasteiger partial charge in [-0.15, -0.1) is 0 Å². The van der Waals surface area contributed by atoms with Crippen molar-refractivity contribution in [2.24, 2.45) is 0 Å². The molecular weight excluding hydrogens is 336 g/mol. The van der Waals surface area contributed by atoms with Crippen molar-refractivity contribution in [2.75, 3.05) is 20.2 Å². The molecule has 4 nitrogen and oxygen atoms in total. The zero-order chi connectivity index (χ0) is 17.3. The molecule has 1 fully saturated rings. The number of hydrogen-bond acceptors (Lipinski definition) is 3. The number of rotatable bonds is 4. The van der Waals surface area contributed by atoms with Gasteiger partial charge in [0, 0.05) is 13.1 Å². The lowest BCUT2D eigenvalue weighted by atomic mass is 9.99. The summed E-state index contributed by atoms with van der Waals surface area (Å²) in [5.41, 5.74) is 0.994. The van der Waals surface area contributed by atoms with Gasteiger partial charge in [0.2, 0.25) is 10.0 Å². The van der Waals surface area contributed by atoms with E-state index in [1.807, 2.05) is 24.3 Å². The first kappa shape index (κ1) is 16.9. The number of sulfonamides is 1. The molecule has 0 radical (unpaired) electrons. The van der Waals surface area contributed by atoms with E-state index in [4.69, 9.17) is 4.74 Å². The van der Waals surface area contributed by atoms with E-state index in [0.717, 1.165) is 29.5 Å². The third-order valence-electron chi connectivity index (χ3n) is 4.25. The van der Waals surface area contributed by atoms with Gasteiger partial charge in [0.05, 0.1) is 7.11 Å². The van der Waals surface area contributed by atoms with Crippen LogP contribution >= 0.6 is 0 Å². The van der Waals surface area contributed by atoms with E-state index in [-0.39, 0.29) is 19.0 Å². The molecule has 1 heterocycles. The Morgan fingerprint density at radius 1 is 1.12 bits per heavy atom. The van der Waals surface area contributed by atoms with E-state index < -0.39 is 26.6 Å². The van der Waals surface area contributed by atoms with E-state index in [9.17, 15) is 17.2 Å². The molecule has 1 unspecified atom stereocenters. The first-order chi connectivity index (χ1) is 11.4. The van der Waals surface area contributed by atoms with Gasteiger partial charge in [-0.3, -0.25) is 0 Å². The zero-order valence-corrected chi connectivity index (χ0v) is 13.9. The third kappa shape index (κ3) is 3.14. The fourth-order valence-electron chi connectivity index (χ4n) is 2.91. The summed E-state index contributed by atoms with van der Waals surface area (Å²) >= 11 is 0. The molecule has 2 aromatic carbocycles. The van der Waals surface area contributed by atoms with Crippen LogP contribution in [-0.2, 0) is 10.0 Å². The Hall–Kier alpha value is -1.99. The molecule has 2 aromatic rings. The average Bonchev–Trinajstić information content (AvgIpc) is 3.08. The maximum Gasteiger partial charge on any atom is 0.246 e. The Balaban J connectivity index is 1.82. The zero-order valence-electron chi connectivity index (χ0n) is 13.1. The van der Waals surface area contributed by atoms with Gasteiger partial charge in [0.15, 0.2) is 0 Å². The molecule has 3 rings (SSSR count). The largest absolute Gasteiger partial charge is 0.497 e. The number of halogens is 2. The molecule has 1 atom stereocenters. The predicted octanol–water partition coefficient (Wildman–Crippen LogP) is 3.15. The minimum absolute atomic E-state index is 0.0160. The van der Waals surface area contributed by atoms with Crippen LogP contribution in [-0.4, -0.2) is 32.9 Å². The number of benzene rings is 2. The van der Waals surface area contributed by atoms with Crippen molar-refractivity contribution in [1.29, 1.82) is 0 Å². The molecule has 0 aromatic heterocycles. The van der Waals surface area contributed by atoms with Crippen molar-refractivity contribution in [3.8, 4) is 5.75 Å². The highest BCUT2D eigenvalue weighted by molar-refractivity contribution is 7.89. The van der Waals surface area contributed by atoms with Crippen LogP contribution in [0.3, 0.4) is 0 Å². The van der Waals surface area contributed by atoms with Crippen molar-refractivity contribution >= 4 is 10.0 Å². The molecule has 1 saturated heterocycles. The summed E-state index contributed by atoms with van der Waals surface area (Å²) in [6, 6.07) is 9.88. The average molecular weight is 353 g/mol. The Morgan fingerprint density at radius 2 is 1.83 bits per heavy atom. The summed E-state index contributed by atoms with van der Waals surface area (Å²) in [5, 5.41) is 0. The van der Waals surface area contributed by atoms with Crippen LogP contribution in [0, 0.1) is 11.6 Å². The van der Waals surface area contributed by atoms with Gasteiger partial charge in [-0.1, -0.05) is 12.1 Å². The maximum absolute atomic E-state index is 13.8. The van der Waals surface area contributed by atoms with E-state index in [0.29, 0.717) is 6.42 Å². The Bertz CT molecular complexity index is 837. The summed E-state index contributed by atoms with van der Waals surface area (Å²) in [7, 11) is -2.48. The molecule has 128 valence electrons. The number of hydrogen-bond donors (Lipinski definition) is 0. The van der Waals surface area contributed by atoms with Gasteiger partial charge in [-0.2, -0.15) is 4.31 Å². The summed E-state index contributed by atoms with van der Waals surface area (Å²) < 4.78 is 58.6. The lowest BCUT2D eigenvalue weighted by Gasteiger charge is -2.17. The quantitative estimate of drug-likeness (QED) is 0.848. The fourth-order valence-corrected chi connectivity index (χ4v) is 4.48. The van der Waals surface area contributed by atoms with Crippen molar-refractivity contribution in [3.63, 3.8) is 0 Å². The topological polar surface area (TPSA) is 46.6 Å². The smallest absolute Gasteiger partial charge is 0.246 e. The second-order valence-electron chi connectivity index (χ2n) is 5.70. The van der Waals surface area contributed by atoms with Crippen LogP contribution in [0.2, 0.25) is 0 Å². The van der Waals surface area contributed by atoms with Gasteiger partial charge in [-0.25, -0.2) is 17.2 Å². The van der Waals surface area contributed by atoms with Gasteiger partial charge >= 0.3 is 0 Å². The fraction of sp³-hybridized carbons (Fsp3) is 0.294. The summed E-state index contributed by atoms with van der Waals surface area (Å²) in [6.45, 7) is 0.513. The van der Waals surface area contributed by atoms with Crippen LogP contribution in [0.25, 0.3) is 0 Å². The second-order valence-corrected chi connectivity index (χ2v) is 7.60. The first-order valence-electron chi connectivity index (χ1n) is 7.51. The summed E-state index contributed by atoms with van der Waals surface area (Å²) in [4.78, 5) is -0.613. The minimum atomic E-state index is -4.05. The van der Waals surface area contributed by atoms with E-state index in [2.05, 4.69) is 0 Å². The number of methoxy groups -OCH3 is 1. The van der Waals surface area contributed by atoms with Crippen LogP contribution in [0.4, 0.5) is 8.78 Å². The van der Waals surface area contributed by atoms with Crippen LogP contribution in [0.5, 0.6) is 5.75 Å². The van der Waals surface area contributed by atoms with Crippen molar-refractivity contribution in [3.05, 3.63) is 59.7 Å². The summed E-state index contributed by atoms with van der Waals surface area (Å²) in [5.74, 6) is -0.976. The third-order valence-corrected chi connectivity index (χ3v) is 6.13. The van der Waals surface area contributed by atoms with Gasteiger partial charge < -0.3 is 4.74 Å². The molecule has 0 N–H and O–H groups in total.